The summed E-state index contributed by atoms with van der Waals surface area (Å²) >= 11 is 0. The van der Waals surface area contributed by atoms with E-state index in [4.69, 9.17) is 10.3 Å². The van der Waals surface area contributed by atoms with Crippen molar-refractivity contribution in [3.8, 4) is 0 Å². The van der Waals surface area contributed by atoms with E-state index in [9.17, 15) is 14.4 Å². The number of unbranched alkanes of at least 4 members (excludes halogenated alkanes) is 1. The smallest absolute Gasteiger partial charge is 0.330 e. The van der Waals surface area contributed by atoms with Crippen molar-refractivity contribution in [3.63, 3.8) is 0 Å². The van der Waals surface area contributed by atoms with Gasteiger partial charge in [0.15, 0.2) is 5.69 Å². The number of carbonyl (C=O) groups excluding carboxylic acids is 1. The molecular formula is C19H29N5O4. The number of aryl methyl sites for hydroxylation is 2. The molecular weight excluding hydrogens is 362 g/mol. The minimum absolute atomic E-state index is 0.00827. The second-order valence-corrected chi connectivity index (χ2v) is 7.34. The Bertz CT molecular complexity index is 935. The number of nitrogens with two attached hydrogens (primary N) is 1. The second kappa shape index (κ2) is 8.90. The summed E-state index contributed by atoms with van der Waals surface area (Å²) in [6.45, 7) is 9.98. The lowest BCUT2D eigenvalue weighted by Crippen LogP contribution is -2.42. The number of nitrogen functional groups attached to an aromatic ring is 1. The molecule has 1 amide bonds. The van der Waals surface area contributed by atoms with Crippen LogP contribution < -0.4 is 21.9 Å². The van der Waals surface area contributed by atoms with E-state index in [1.807, 2.05) is 20.8 Å². The van der Waals surface area contributed by atoms with Crippen molar-refractivity contribution in [1.82, 2.24) is 14.7 Å². The van der Waals surface area contributed by atoms with Crippen LogP contribution in [0, 0.1) is 19.8 Å². The third-order valence-corrected chi connectivity index (χ3v) is 4.64. The second-order valence-electron chi connectivity index (χ2n) is 7.34. The number of amides is 1. The normalized spacial score (nSPS) is 11.2. The van der Waals surface area contributed by atoms with E-state index >= 15 is 0 Å². The Balaban J connectivity index is 2.62. The fourth-order valence-corrected chi connectivity index (χ4v) is 3.00. The van der Waals surface area contributed by atoms with Crippen molar-refractivity contribution < 1.29 is 9.32 Å². The lowest BCUT2D eigenvalue weighted by molar-refractivity contribution is 0.0983. The number of hydrogen-bond acceptors (Lipinski definition) is 6. The maximum Gasteiger partial charge on any atom is 0.330 e. The number of aromatic nitrogens is 3. The highest BCUT2D eigenvalue weighted by atomic mass is 16.5. The average molecular weight is 391 g/mol. The fourth-order valence-electron chi connectivity index (χ4n) is 3.00. The lowest BCUT2D eigenvalue weighted by atomic mass is 10.1. The molecule has 0 aliphatic carbocycles. The maximum absolute atomic E-state index is 13.3. The summed E-state index contributed by atoms with van der Waals surface area (Å²) in [7, 11) is 0. The van der Waals surface area contributed by atoms with Gasteiger partial charge in [-0.3, -0.25) is 19.1 Å². The number of H-pyrrole nitrogens is 1. The van der Waals surface area contributed by atoms with Gasteiger partial charge in [0.2, 0.25) is 0 Å². The molecule has 9 heteroatoms. The van der Waals surface area contributed by atoms with Crippen molar-refractivity contribution in [1.29, 1.82) is 0 Å². The first-order valence-electron chi connectivity index (χ1n) is 9.56. The van der Waals surface area contributed by atoms with Crippen LogP contribution in [0.25, 0.3) is 0 Å². The van der Waals surface area contributed by atoms with Gasteiger partial charge in [-0.15, -0.1) is 0 Å². The van der Waals surface area contributed by atoms with E-state index in [1.54, 1.807) is 13.8 Å². The molecule has 28 heavy (non-hydrogen) atoms. The predicted molar refractivity (Wildman–Crippen MR) is 108 cm³/mol. The summed E-state index contributed by atoms with van der Waals surface area (Å²) in [4.78, 5) is 41.8. The predicted octanol–water partition coefficient (Wildman–Crippen LogP) is 2.22. The van der Waals surface area contributed by atoms with E-state index in [1.165, 1.54) is 9.47 Å². The van der Waals surface area contributed by atoms with Gasteiger partial charge in [-0.1, -0.05) is 32.3 Å². The molecule has 0 aliphatic rings. The van der Waals surface area contributed by atoms with Crippen molar-refractivity contribution in [2.75, 3.05) is 17.2 Å². The summed E-state index contributed by atoms with van der Waals surface area (Å²) in [6.07, 6.45) is 2.23. The molecule has 2 heterocycles. The van der Waals surface area contributed by atoms with Gasteiger partial charge in [0.25, 0.3) is 11.5 Å². The Hall–Kier alpha value is -2.84. The molecule has 0 atom stereocenters. The number of anilines is 2. The van der Waals surface area contributed by atoms with Gasteiger partial charge in [0.1, 0.15) is 17.1 Å². The number of rotatable bonds is 8. The molecule has 2 aromatic rings. The van der Waals surface area contributed by atoms with Crippen LogP contribution in [-0.2, 0) is 6.54 Å². The summed E-state index contributed by atoms with van der Waals surface area (Å²) in [5, 5.41) is 3.83. The molecule has 9 nitrogen and oxygen atoms in total. The Labute approximate surface area is 163 Å². The minimum atomic E-state index is -0.681. The van der Waals surface area contributed by atoms with Gasteiger partial charge in [0, 0.05) is 13.1 Å². The van der Waals surface area contributed by atoms with Crippen molar-refractivity contribution in [3.05, 3.63) is 37.9 Å². The molecule has 2 rings (SSSR count). The lowest BCUT2D eigenvalue weighted by Gasteiger charge is -2.25. The summed E-state index contributed by atoms with van der Waals surface area (Å²) < 4.78 is 6.42. The molecule has 0 bridgehead atoms. The van der Waals surface area contributed by atoms with Crippen LogP contribution in [0.3, 0.4) is 0 Å². The van der Waals surface area contributed by atoms with E-state index < -0.39 is 17.2 Å². The van der Waals surface area contributed by atoms with Crippen LogP contribution in [0.4, 0.5) is 11.5 Å². The fraction of sp³-hybridized carbons (Fsp3) is 0.579. The number of carbonyl (C=O) groups is 1. The van der Waals surface area contributed by atoms with Crippen molar-refractivity contribution in [2.45, 2.75) is 60.4 Å². The molecule has 0 aromatic carbocycles. The van der Waals surface area contributed by atoms with Gasteiger partial charge in [-0.25, -0.2) is 4.79 Å². The van der Waals surface area contributed by atoms with E-state index in [0.29, 0.717) is 35.9 Å². The van der Waals surface area contributed by atoms with Gasteiger partial charge < -0.3 is 15.2 Å². The van der Waals surface area contributed by atoms with Gasteiger partial charge in [-0.05, 0) is 32.6 Å². The topological polar surface area (TPSA) is 127 Å². The van der Waals surface area contributed by atoms with Gasteiger partial charge in [-0.2, -0.15) is 0 Å². The third kappa shape index (κ3) is 4.35. The van der Waals surface area contributed by atoms with E-state index in [2.05, 4.69) is 10.1 Å². The molecule has 2 aromatic heterocycles. The molecule has 0 saturated carbocycles. The van der Waals surface area contributed by atoms with Crippen LogP contribution >= 0.6 is 0 Å². The molecule has 0 spiro atoms. The Morgan fingerprint density at radius 1 is 1.32 bits per heavy atom. The number of hydrogen-bond donors (Lipinski definition) is 2. The molecule has 0 saturated heterocycles. The Kier molecular flexibility index (Phi) is 6.82. The molecule has 0 unspecified atom stereocenters. The highest BCUT2D eigenvalue weighted by Crippen LogP contribution is 2.23. The van der Waals surface area contributed by atoms with Crippen LogP contribution in [0.15, 0.2) is 14.1 Å². The third-order valence-electron chi connectivity index (χ3n) is 4.64. The monoisotopic (exact) mass is 391 g/mol. The zero-order valence-electron chi connectivity index (χ0n) is 17.2. The van der Waals surface area contributed by atoms with Gasteiger partial charge >= 0.3 is 5.69 Å². The Morgan fingerprint density at radius 3 is 2.54 bits per heavy atom. The zero-order chi connectivity index (χ0) is 21.0. The minimum Gasteiger partial charge on any atom is -0.383 e. The Morgan fingerprint density at radius 2 is 2.00 bits per heavy atom. The molecule has 0 radical (unpaired) electrons. The van der Waals surface area contributed by atoms with Crippen LogP contribution in [-0.4, -0.2) is 27.2 Å². The highest BCUT2D eigenvalue weighted by molar-refractivity contribution is 6.08. The standard InChI is InChI=1S/C19H29N5O4/c1-6-7-9-24-16(20)15(17(25)21-19(24)27)23(10-8-11(2)3)18(26)14-12(4)22-28-13(14)5/h11H,6-10,20H2,1-5H3,(H,21,25,27). The maximum atomic E-state index is 13.3. The van der Waals surface area contributed by atoms with E-state index in [0.717, 1.165) is 12.8 Å². The summed E-state index contributed by atoms with van der Waals surface area (Å²) in [6, 6.07) is 0. The SMILES string of the molecule is CCCCn1c(N)c(N(CCC(C)C)C(=O)c2c(C)noc2C)c(=O)[nH]c1=O. The van der Waals surface area contributed by atoms with Crippen molar-refractivity contribution in [2.24, 2.45) is 5.92 Å². The van der Waals surface area contributed by atoms with Crippen molar-refractivity contribution >= 4 is 17.4 Å². The number of nitrogens with one attached hydrogen (secondary N) is 1. The average Bonchev–Trinajstić information content (AvgIpc) is 2.95. The summed E-state index contributed by atoms with van der Waals surface area (Å²) in [5.74, 6) is 0.235. The number of nitrogens with zero attached hydrogens (tertiary/aromatic N) is 3. The van der Waals surface area contributed by atoms with Crippen LogP contribution in [0.1, 0.15) is 61.8 Å². The highest BCUT2D eigenvalue weighted by Gasteiger charge is 2.29. The molecule has 0 fully saturated rings. The zero-order valence-corrected chi connectivity index (χ0v) is 17.2. The van der Waals surface area contributed by atoms with Crippen LogP contribution in [0.2, 0.25) is 0 Å². The quantitative estimate of drug-likeness (QED) is 0.710. The first kappa shape index (κ1) is 21.5. The first-order valence-corrected chi connectivity index (χ1v) is 9.56. The van der Waals surface area contributed by atoms with Gasteiger partial charge in [0.05, 0.1) is 5.69 Å². The molecule has 0 aliphatic heterocycles. The van der Waals surface area contributed by atoms with Crippen LogP contribution in [0.5, 0.6) is 0 Å². The molecule has 154 valence electrons. The molecule has 3 N–H and O–H groups in total. The van der Waals surface area contributed by atoms with E-state index in [-0.39, 0.29) is 18.1 Å². The largest absolute Gasteiger partial charge is 0.383 e. The number of aromatic amines is 1. The summed E-state index contributed by atoms with van der Waals surface area (Å²) in [5.41, 5.74) is 5.68. The first-order chi connectivity index (χ1) is 13.2.